The van der Waals surface area contributed by atoms with Crippen molar-refractivity contribution in [2.45, 2.75) is 38.0 Å². The second kappa shape index (κ2) is 5.86. The maximum atomic E-state index is 5.58. The largest absolute Gasteiger partial charge is 0.496 e. The zero-order valence-corrected chi connectivity index (χ0v) is 12.5. The summed E-state index contributed by atoms with van der Waals surface area (Å²) in [6.45, 7) is 1.07. The van der Waals surface area contributed by atoms with Gasteiger partial charge in [-0.15, -0.1) is 0 Å². The van der Waals surface area contributed by atoms with Crippen molar-refractivity contribution in [1.82, 2.24) is 5.01 Å². The standard InChI is InChI=1S/C17H24N2O/c1-19-12-11-16(18-19)14-8-4-3-7-13(14)15-9-5-6-10-17(15)20-2/h5-6,9-10,13-14H,3-4,7-8,11-12H2,1-2H3. The summed E-state index contributed by atoms with van der Waals surface area (Å²) >= 11 is 0. The molecule has 0 amide bonds. The molecule has 2 atom stereocenters. The highest BCUT2D eigenvalue weighted by Gasteiger charge is 2.33. The van der Waals surface area contributed by atoms with E-state index in [1.165, 1.54) is 37.0 Å². The topological polar surface area (TPSA) is 24.8 Å². The predicted octanol–water partition coefficient (Wildman–Crippen LogP) is 3.66. The van der Waals surface area contributed by atoms with Crippen LogP contribution in [-0.4, -0.2) is 31.4 Å². The summed E-state index contributed by atoms with van der Waals surface area (Å²) in [5.74, 6) is 2.21. The third-order valence-electron chi connectivity index (χ3n) is 4.72. The Balaban J connectivity index is 1.91. The summed E-state index contributed by atoms with van der Waals surface area (Å²) < 4.78 is 5.58. The molecule has 0 spiro atoms. The molecular weight excluding hydrogens is 248 g/mol. The molecular formula is C17H24N2O. The zero-order valence-electron chi connectivity index (χ0n) is 12.5. The van der Waals surface area contributed by atoms with E-state index in [9.17, 15) is 0 Å². The number of methoxy groups -OCH3 is 1. The number of hydrogen-bond acceptors (Lipinski definition) is 3. The summed E-state index contributed by atoms with van der Waals surface area (Å²) in [4.78, 5) is 0. The Labute approximate surface area is 121 Å². The van der Waals surface area contributed by atoms with Crippen molar-refractivity contribution < 1.29 is 4.74 Å². The van der Waals surface area contributed by atoms with Crippen molar-refractivity contribution in [3.05, 3.63) is 29.8 Å². The molecule has 1 heterocycles. The van der Waals surface area contributed by atoms with Gasteiger partial charge in [0, 0.05) is 31.6 Å². The molecule has 1 fully saturated rings. The van der Waals surface area contributed by atoms with Gasteiger partial charge in [0.05, 0.1) is 7.11 Å². The third-order valence-corrected chi connectivity index (χ3v) is 4.72. The molecule has 2 unspecified atom stereocenters. The Bertz CT molecular complexity index is 498. The minimum atomic E-state index is 0.574. The van der Waals surface area contributed by atoms with Crippen LogP contribution in [0.1, 0.15) is 43.6 Å². The van der Waals surface area contributed by atoms with E-state index < -0.39 is 0 Å². The van der Waals surface area contributed by atoms with E-state index in [1.54, 1.807) is 7.11 Å². The van der Waals surface area contributed by atoms with Crippen LogP contribution in [0.2, 0.25) is 0 Å². The van der Waals surface area contributed by atoms with E-state index in [0.717, 1.165) is 18.7 Å². The zero-order chi connectivity index (χ0) is 13.9. The first-order chi connectivity index (χ1) is 9.79. The van der Waals surface area contributed by atoms with Crippen molar-refractivity contribution in [1.29, 1.82) is 0 Å². The lowest BCUT2D eigenvalue weighted by Gasteiger charge is -2.32. The molecule has 1 aliphatic heterocycles. The Morgan fingerprint density at radius 1 is 1.15 bits per heavy atom. The molecule has 2 aliphatic rings. The summed E-state index contributed by atoms with van der Waals surface area (Å²) in [6.07, 6.45) is 6.32. The highest BCUT2D eigenvalue weighted by Crippen LogP contribution is 2.43. The van der Waals surface area contributed by atoms with Gasteiger partial charge in [0.15, 0.2) is 0 Å². The number of para-hydroxylation sites is 1. The van der Waals surface area contributed by atoms with Gasteiger partial charge in [0.1, 0.15) is 5.75 Å². The van der Waals surface area contributed by atoms with Crippen molar-refractivity contribution >= 4 is 5.71 Å². The van der Waals surface area contributed by atoms with Crippen LogP contribution in [0.4, 0.5) is 0 Å². The van der Waals surface area contributed by atoms with Gasteiger partial charge < -0.3 is 4.74 Å². The molecule has 1 saturated carbocycles. The second-order valence-electron chi connectivity index (χ2n) is 5.96. The normalized spacial score (nSPS) is 26.5. The number of benzene rings is 1. The summed E-state index contributed by atoms with van der Waals surface area (Å²) in [6, 6.07) is 8.51. The highest BCUT2D eigenvalue weighted by atomic mass is 16.5. The van der Waals surface area contributed by atoms with Gasteiger partial charge >= 0.3 is 0 Å². The molecule has 1 aliphatic carbocycles. The van der Waals surface area contributed by atoms with Crippen LogP contribution in [0, 0.1) is 5.92 Å². The average Bonchev–Trinajstić information content (AvgIpc) is 2.93. The van der Waals surface area contributed by atoms with E-state index >= 15 is 0 Å². The molecule has 0 N–H and O–H groups in total. The Hall–Kier alpha value is -1.51. The maximum Gasteiger partial charge on any atom is 0.122 e. The SMILES string of the molecule is COc1ccccc1C1CCCCC1C1=NN(C)CC1. The van der Waals surface area contributed by atoms with Crippen molar-refractivity contribution in [2.24, 2.45) is 11.0 Å². The number of hydrogen-bond donors (Lipinski definition) is 0. The molecule has 3 heteroatoms. The van der Waals surface area contributed by atoms with Gasteiger partial charge in [-0.2, -0.15) is 5.10 Å². The number of hydrazone groups is 1. The van der Waals surface area contributed by atoms with E-state index in [0.29, 0.717) is 11.8 Å². The van der Waals surface area contributed by atoms with Gasteiger partial charge in [-0.3, -0.25) is 5.01 Å². The quantitative estimate of drug-likeness (QED) is 0.839. The lowest BCUT2D eigenvalue weighted by atomic mass is 9.72. The van der Waals surface area contributed by atoms with Crippen LogP contribution in [-0.2, 0) is 0 Å². The fourth-order valence-electron chi connectivity index (χ4n) is 3.73. The van der Waals surface area contributed by atoms with Crippen LogP contribution in [0.25, 0.3) is 0 Å². The molecule has 20 heavy (non-hydrogen) atoms. The fourth-order valence-corrected chi connectivity index (χ4v) is 3.73. The minimum Gasteiger partial charge on any atom is -0.496 e. The molecule has 3 nitrogen and oxygen atoms in total. The van der Waals surface area contributed by atoms with Crippen molar-refractivity contribution in [2.75, 3.05) is 20.7 Å². The second-order valence-corrected chi connectivity index (χ2v) is 5.96. The van der Waals surface area contributed by atoms with Crippen LogP contribution >= 0.6 is 0 Å². The van der Waals surface area contributed by atoms with Crippen molar-refractivity contribution in [3.63, 3.8) is 0 Å². The Morgan fingerprint density at radius 2 is 1.90 bits per heavy atom. The Kier molecular flexibility index (Phi) is 3.95. The van der Waals surface area contributed by atoms with Gasteiger partial charge in [0.25, 0.3) is 0 Å². The molecule has 0 bridgehead atoms. The smallest absolute Gasteiger partial charge is 0.122 e. The molecule has 0 aromatic heterocycles. The van der Waals surface area contributed by atoms with Crippen LogP contribution in [0.5, 0.6) is 5.75 Å². The molecule has 108 valence electrons. The first kappa shape index (κ1) is 13.5. The fraction of sp³-hybridized carbons (Fsp3) is 0.588. The molecule has 1 aromatic rings. The lowest BCUT2D eigenvalue weighted by molar-refractivity contribution is 0.354. The number of ether oxygens (including phenoxy) is 1. The summed E-state index contributed by atoms with van der Waals surface area (Å²) in [5.41, 5.74) is 2.78. The lowest BCUT2D eigenvalue weighted by Crippen LogP contribution is -2.25. The molecule has 3 rings (SSSR count). The van der Waals surface area contributed by atoms with Gasteiger partial charge in [0.2, 0.25) is 0 Å². The highest BCUT2D eigenvalue weighted by molar-refractivity contribution is 5.89. The van der Waals surface area contributed by atoms with E-state index in [-0.39, 0.29) is 0 Å². The van der Waals surface area contributed by atoms with Gasteiger partial charge in [-0.25, -0.2) is 0 Å². The van der Waals surface area contributed by atoms with Gasteiger partial charge in [-0.1, -0.05) is 31.0 Å². The van der Waals surface area contributed by atoms with Crippen LogP contribution in [0.15, 0.2) is 29.4 Å². The summed E-state index contributed by atoms with van der Waals surface area (Å²) in [5, 5.41) is 6.84. The average molecular weight is 272 g/mol. The van der Waals surface area contributed by atoms with E-state index in [4.69, 9.17) is 9.84 Å². The maximum absolute atomic E-state index is 5.58. The first-order valence-electron chi connectivity index (χ1n) is 7.71. The molecule has 0 radical (unpaired) electrons. The van der Waals surface area contributed by atoms with Crippen molar-refractivity contribution in [3.8, 4) is 5.75 Å². The monoisotopic (exact) mass is 272 g/mol. The minimum absolute atomic E-state index is 0.574. The van der Waals surface area contributed by atoms with E-state index in [1.807, 2.05) is 0 Å². The first-order valence-corrected chi connectivity index (χ1v) is 7.71. The van der Waals surface area contributed by atoms with Crippen LogP contribution in [0.3, 0.4) is 0 Å². The number of nitrogens with zero attached hydrogens (tertiary/aromatic N) is 2. The van der Waals surface area contributed by atoms with Gasteiger partial charge in [-0.05, 0) is 30.4 Å². The molecule has 0 saturated heterocycles. The van der Waals surface area contributed by atoms with E-state index in [2.05, 4.69) is 36.3 Å². The molecule has 1 aromatic carbocycles. The third kappa shape index (κ3) is 2.54. The Morgan fingerprint density at radius 3 is 2.60 bits per heavy atom. The van der Waals surface area contributed by atoms with Crippen LogP contribution < -0.4 is 4.74 Å². The summed E-state index contributed by atoms with van der Waals surface area (Å²) in [7, 11) is 3.85. The predicted molar refractivity (Wildman–Crippen MR) is 82.4 cm³/mol. The number of rotatable bonds is 3.